The largest absolute Gasteiger partial charge is 0.461 e. The zero-order valence-corrected chi connectivity index (χ0v) is 6.46. The number of rotatable bonds is 1. The van der Waals surface area contributed by atoms with Gasteiger partial charge in [-0.15, -0.1) is 0 Å². The normalized spacial score (nSPS) is 26.8. The predicted octanol–water partition coefficient (Wildman–Crippen LogP) is 0.254. The van der Waals surface area contributed by atoms with E-state index >= 15 is 0 Å². The number of carbonyl (C=O) groups excluding carboxylic acids is 1. The second-order valence-electron chi connectivity index (χ2n) is 2.78. The van der Waals surface area contributed by atoms with E-state index in [9.17, 15) is 4.79 Å². The van der Waals surface area contributed by atoms with Gasteiger partial charge < -0.3 is 9.64 Å². The average Bonchev–Trinajstić information content (AvgIpc) is 2.13. The van der Waals surface area contributed by atoms with Crippen LogP contribution in [0.3, 0.4) is 0 Å². The summed E-state index contributed by atoms with van der Waals surface area (Å²) in [5.74, 6) is -0.166. The minimum absolute atomic E-state index is 0.141. The Labute approximate surface area is 61.0 Å². The zero-order chi connectivity index (χ0) is 7.56. The van der Waals surface area contributed by atoms with Crippen molar-refractivity contribution >= 4 is 5.97 Å². The first-order valence-electron chi connectivity index (χ1n) is 3.54. The van der Waals surface area contributed by atoms with E-state index in [1.54, 1.807) is 0 Å². The molecule has 0 aromatic carbocycles. The van der Waals surface area contributed by atoms with Gasteiger partial charge in [-0.2, -0.15) is 0 Å². The van der Waals surface area contributed by atoms with Gasteiger partial charge in [0.05, 0.1) is 0 Å². The second-order valence-corrected chi connectivity index (χ2v) is 2.78. The third-order valence-electron chi connectivity index (χ3n) is 1.68. The first-order chi connectivity index (χ1) is 4.68. The fourth-order valence-electron chi connectivity index (χ4n) is 1.23. The first-order valence-corrected chi connectivity index (χ1v) is 3.54. The third kappa shape index (κ3) is 1.99. The molecule has 0 spiro atoms. The van der Waals surface area contributed by atoms with Crippen LogP contribution < -0.4 is 0 Å². The highest BCUT2D eigenvalue weighted by atomic mass is 16.5. The molecule has 1 saturated heterocycles. The fourth-order valence-corrected chi connectivity index (χ4v) is 1.23. The molecule has 0 N–H and O–H groups in total. The molecular weight excluding hydrogens is 130 g/mol. The highest BCUT2D eigenvalue weighted by molar-refractivity contribution is 5.66. The maximum Gasteiger partial charge on any atom is 0.302 e. The van der Waals surface area contributed by atoms with Gasteiger partial charge in [0, 0.05) is 20.0 Å². The summed E-state index contributed by atoms with van der Waals surface area (Å²) in [6, 6.07) is 0. The van der Waals surface area contributed by atoms with E-state index in [1.165, 1.54) is 6.92 Å². The molecule has 1 aliphatic heterocycles. The van der Waals surface area contributed by atoms with Crippen LogP contribution in [0, 0.1) is 0 Å². The van der Waals surface area contributed by atoms with Gasteiger partial charge in [0.1, 0.15) is 6.10 Å². The Morgan fingerprint density at radius 2 is 2.40 bits per heavy atom. The smallest absolute Gasteiger partial charge is 0.302 e. The maximum atomic E-state index is 10.5. The SMILES string of the molecule is CC(=O)OC1CCN(C)C1. The molecule has 0 bridgehead atoms. The zero-order valence-electron chi connectivity index (χ0n) is 6.46. The van der Waals surface area contributed by atoms with Crippen molar-refractivity contribution in [2.75, 3.05) is 20.1 Å². The van der Waals surface area contributed by atoms with E-state index in [0.717, 1.165) is 19.5 Å². The van der Waals surface area contributed by atoms with Gasteiger partial charge in [-0.3, -0.25) is 4.79 Å². The molecule has 0 aromatic rings. The summed E-state index contributed by atoms with van der Waals surface area (Å²) >= 11 is 0. The maximum absolute atomic E-state index is 10.5. The number of esters is 1. The quantitative estimate of drug-likeness (QED) is 0.493. The topological polar surface area (TPSA) is 29.5 Å². The fraction of sp³-hybridized carbons (Fsp3) is 0.857. The molecule has 1 heterocycles. The van der Waals surface area contributed by atoms with Crippen LogP contribution in [0.1, 0.15) is 13.3 Å². The lowest BCUT2D eigenvalue weighted by Gasteiger charge is -2.09. The van der Waals surface area contributed by atoms with Crippen LogP contribution in [0.4, 0.5) is 0 Å². The summed E-state index contributed by atoms with van der Waals surface area (Å²) < 4.78 is 5.00. The van der Waals surface area contributed by atoms with E-state index in [0.29, 0.717) is 0 Å². The molecule has 0 radical (unpaired) electrons. The minimum Gasteiger partial charge on any atom is -0.461 e. The van der Waals surface area contributed by atoms with Gasteiger partial charge in [0.25, 0.3) is 0 Å². The molecule has 1 fully saturated rings. The van der Waals surface area contributed by atoms with Gasteiger partial charge in [-0.1, -0.05) is 0 Å². The lowest BCUT2D eigenvalue weighted by molar-refractivity contribution is -0.145. The highest BCUT2D eigenvalue weighted by Crippen LogP contribution is 2.09. The third-order valence-corrected chi connectivity index (χ3v) is 1.68. The van der Waals surface area contributed by atoms with Gasteiger partial charge in [0.15, 0.2) is 0 Å². The first kappa shape index (κ1) is 7.54. The lowest BCUT2D eigenvalue weighted by Crippen LogP contribution is -2.20. The molecule has 0 aliphatic carbocycles. The van der Waals surface area contributed by atoms with Crippen molar-refractivity contribution in [3.05, 3.63) is 0 Å². The number of hydrogen-bond acceptors (Lipinski definition) is 3. The summed E-state index contributed by atoms with van der Waals surface area (Å²) in [7, 11) is 2.03. The highest BCUT2D eigenvalue weighted by Gasteiger charge is 2.21. The molecule has 1 unspecified atom stereocenters. The molecular formula is C7H13NO2. The van der Waals surface area contributed by atoms with E-state index in [1.807, 2.05) is 7.05 Å². The number of carbonyl (C=O) groups is 1. The van der Waals surface area contributed by atoms with Crippen LogP contribution in [0.5, 0.6) is 0 Å². The second kappa shape index (κ2) is 3.01. The molecule has 1 rings (SSSR count). The molecule has 0 amide bonds. The number of nitrogens with zero attached hydrogens (tertiary/aromatic N) is 1. The molecule has 10 heavy (non-hydrogen) atoms. The number of ether oxygens (including phenoxy) is 1. The monoisotopic (exact) mass is 143 g/mol. The summed E-state index contributed by atoms with van der Waals surface area (Å²) in [4.78, 5) is 12.6. The van der Waals surface area contributed by atoms with Gasteiger partial charge in [0.2, 0.25) is 0 Å². The van der Waals surface area contributed by atoms with Crippen LogP contribution in [0.15, 0.2) is 0 Å². The summed E-state index contributed by atoms with van der Waals surface area (Å²) in [5.41, 5.74) is 0. The van der Waals surface area contributed by atoms with Crippen molar-refractivity contribution in [1.82, 2.24) is 4.90 Å². The van der Waals surface area contributed by atoms with Crippen molar-refractivity contribution in [2.24, 2.45) is 0 Å². The number of likely N-dealkylation sites (tertiary alicyclic amines) is 1. The molecule has 1 atom stereocenters. The summed E-state index contributed by atoms with van der Waals surface area (Å²) in [5, 5.41) is 0. The molecule has 58 valence electrons. The van der Waals surface area contributed by atoms with Crippen molar-refractivity contribution in [3.63, 3.8) is 0 Å². The molecule has 3 heteroatoms. The van der Waals surface area contributed by atoms with Crippen LogP contribution >= 0.6 is 0 Å². The van der Waals surface area contributed by atoms with Crippen LogP contribution in [0.2, 0.25) is 0 Å². The number of likely N-dealkylation sites (N-methyl/N-ethyl adjacent to an activating group) is 1. The van der Waals surface area contributed by atoms with E-state index in [-0.39, 0.29) is 12.1 Å². The van der Waals surface area contributed by atoms with Crippen LogP contribution in [-0.4, -0.2) is 37.1 Å². The molecule has 3 nitrogen and oxygen atoms in total. The van der Waals surface area contributed by atoms with E-state index in [4.69, 9.17) is 4.74 Å². The van der Waals surface area contributed by atoms with E-state index < -0.39 is 0 Å². The Hall–Kier alpha value is -0.570. The summed E-state index contributed by atoms with van der Waals surface area (Å²) in [6.07, 6.45) is 1.12. The Morgan fingerprint density at radius 1 is 1.70 bits per heavy atom. The molecule has 0 aromatic heterocycles. The molecule has 0 saturated carbocycles. The molecule has 1 aliphatic rings. The van der Waals surface area contributed by atoms with Crippen molar-refractivity contribution < 1.29 is 9.53 Å². The summed E-state index contributed by atoms with van der Waals surface area (Å²) in [6.45, 7) is 3.38. The number of hydrogen-bond donors (Lipinski definition) is 0. The van der Waals surface area contributed by atoms with E-state index in [2.05, 4.69) is 4.90 Å². The Bertz CT molecular complexity index is 136. The Balaban J connectivity index is 2.24. The van der Waals surface area contributed by atoms with Gasteiger partial charge in [-0.25, -0.2) is 0 Å². The Kier molecular flexibility index (Phi) is 2.27. The predicted molar refractivity (Wildman–Crippen MR) is 37.7 cm³/mol. The minimum atomic E-state index is -0.166. The van der Waals surface area contributed by atoms with Crippen molar-refractivity contribution in [3.8, 4) is 0 Å². The standard InChI is InChI=1S/C7H13NO2/c1-6(9)10-7-3-4-8(2)5-7/h7H,3-5H2,1-2H3. The average molecular weight is 143 g/mol. The van der Waals surface area contributed by atoms with Gasteiger partial charge >= 0.3 is 5.97 Å². The van der Waals surface area contributed by atoms with Crippen molar-refractivity contribution in [2.45, 2.75) is 19.4 Å². The lowest BCUT2D eigenvalue weighted by atomic mass is 10.3. The van der Waals surface area contributed by atoms with Crippen LogP contribution in [0.25, 0.3) is 0 Å². The Morgan fingerprint density at radius 3 is 2.80 bits per heavy atom. The van der Waals surface area contributed by atoms with Crippen LogP contribution in [-0.2, 0) is 9.53 Å². The van der Waals surface area contributed by atoms with Crippen molar-refractivity contribution in [1.29, 1.82) is 0 Å². The van der Waals surface area contributed by atoms with Gasteiger partial charge in [-0.05, 0) is 13.5 Å².